The number of nitrogens with zero attached hydrogens (tertiary/aromatic N) is 2. The summed E-state index contributed by atoms with van der Waals surface area (Å²) in [6.07, 6.45) is 9.74. The maximum Gasteiger partial charge on any atom is 0.0238 e. The molecule has 106 valence electrons. The minimum absolute atomic E-state index is 0.694. The molecule has 1 aliphatic carbocycles. The van der Waals surface area contributed by atoms with Gasteiger partial charge in [-0.05, 0) is 39.8 Å². The smallest absolute Gasteiger partial charge is 0.0238 e. The second-order valence-corrected chi connectivity index (χ2v) is 6.36. The molecule has 0 aromatic heterocycles. The summed E-state index contributed by atoms with van der Waals surface area (Å²) in [5, 5.41) is 0. The van der Waals surface area contributed by atoms with E-state index in [-0.39, 0.29) is 0 Å². The van der Waals surface area contributed by atoms with E-state index in [1.807, 2.05) is 0 Å². The summed E-state index contributed by atoms with van der Waals surface area (Å²) in [7, 11) is 2.26. The van der Waals surface area contributed by atoms with Gasteiger partial charge >= 0.3 is 0 Å². The highest BCUT2D eigenvalue weighted by Gasteiger charge is 2.33. The summed E-state index contributed by atoms with van der Waals surface area (Å²) >= 11 is 0. The van der Waals surface area contributed by atoms with Crippen LogP contribution in [0.2, 0.25) is 0 Å². The van der Waals surface area contributed by atoms with E-state index in [2.05, 4.69) is 23.8 Å². The lowest BCUT2D eigenvalue weighted by Gasteiger charge is -2.47. The van der Waals surface area contributed by atoms with E-state index in [0.717, 1.165) is 19.0 Å². The van der Waals surface area contributed by atoms with Crippen LogP contribution in [0.15, 0.2) is 0 Å². The van der Waals surface area contributed by atoms with Gasteiger partial charge < -0.3 is 10.6 Å². The Labute approximate surface area is 113 Å². The van der Waals surface area contributed by atoms with Crippen LogP contribution >= 0.6 is 0 Å². The molecule has 2 atom stereocenters. The van der Waals surface area contributed by atoms with E-state index in [9.17, 15) is 0 Å². The van der Waals surface area contributed by atoms with Crippen molar-refractivity contribution in [1.82, 2.24) is 9.80 Å². The summed E-state index contributed by atoms with van der Waals surface area (Å²) in [4.78, 5) is 5.32. The van der Waals surface area contributed by atoms with Gasteiger partial charge in [0.15, 0.2) is 0 Å². The number of nitrogens with two attached hydrogens (primary N) is 1. The molecular formula is C15H31N3. The standard InChI is InChI=1S/C15H31N3/c1-13-11-18(14-7-5-3-4-6-8-14)15(9-10-16)12-17(13)2/h13-15H,3-12,16H2,1-2H3. The van der Waals surface area contributed by atoms with E-state index < -0.39 is 0 Å². The van der Waals surface area contributed by atoms with Gasteiger partial charge in [-0.15, -0.1) is 0 Å². The zero-order chi connectivity index (χ0) is 13.0. The fourth-order valence-electron chi connectivity index (χ4n) is 3.70. The normalized spacial score (nSPS) is 33.5. The minimum atomic E-state index is 0.694. The largest absolute Gasteiger partial charge is 0.330 e. The van der Waals surface area contributed by atoms with Crippen LogP contribution in [0.25, 0.3) is 0 Å². The molecule has 3 nitrogen and oxygen atoms in total. The van der Waals surface area contributed by atoms with Gasteiger partial charge in [-0.1, -0.05) is 25.7 Å². The zero-order valence-corrected chi connectivity index (χ0v) is 12.3. The fraction of sp³-hybridized carbons (Fsp3) is 1.00. The van der Waals surface area contributed by atoms with Crippen molar-refractivity contribution >= 4 is 0 Å². The van der Waals surface area contributed by atoms with Crippen LogP contribution in [0.4, 0.5) is 0 Å². The molecule has 2 rings (SSSR count). The lowest BCUT2D eigenvalue weighted by atomic mass is 9.98. The highest BCUT2D eigenvalue weighted by molar-refractivity contribution is 4.90. The van der Waals surface area contributed by atoms with Crippen molar-refractivity contribution in [3.8, 4) is 0 Å². The summed E-state index contributed by atoms with van der Waals surface area (Å²) in [5.74, 6) is 0. The van der Waals surface area contributed by atoms with E-state index in [1.165, 1.54) is 51.6 Å². The number of hydrogen-bond acceptors (Lipinski definition) is 3. The Balaban J connectivity index is 2.01. The topological polar surface area (TPSA) is 32.5 Å². The molecule has 0 aromatic rings. The quantitative estimate of drug-likeness (QED) is 0.782. The first-order valence-corrected chi connectivity index (χ1v) is 7.88. The molecule has 0 bridgehead atoms. The first kappa shape index (κ1) is 14.3. The van der Waals surface area contributed by atoms with Gasteiger partial charge in [-0.3, -0.25) is 4.90 Å². The molecule has 18 heavy (non-hydrogen) atoms. The molecule has 1 saturated carbocycles. The van der Waals surface area contributed by atoms with Crippen LogP contribution in [0, 0.1) is 0 Å². The van der Waals surface area contributed by atoms with Crippen LogP contribution in [0.5, 0.6) is 0 Å². The third-order valence-corrected chi connectivity index (χ3v) is 4.99. The predicted octanol–water partition coefficient (Wildman–Crippen LogP) is 2.06. The molecule has 2 fully saturated rings. The lowest BCUT2D eigenvalue weighted by Crippen LogP contribution is -2.59. The second kappa shape index (κ2) is 6.88. The van der Waals surface area contributed by atoms with Crippen molar-refractivity contribution in [2.75, 3.05) is 26.7 Å². The Bertz CT molecular complexity index is 234. The lowest BCUT2D eigenvalue weighted by molar-refractivity contribution is 0.0130. The number of piperazine rings is 1. The van der Waals surface area contributed by atoms with Gasteiger partial charge in [-0.25, -0.2) is 0 Å². The van der Waals surface area contributed by atoms with Crippen molar-refractivity contribution in [2.45, 2.75) is 70.0 Å². The number of hydrogen-bond donors (Lipinski definition) is 1. The van der Waals surface area contributed by atoms with Crippen molar-refractivity contribution in [3.63, 3.8) is 0 Å². The van der Waals surface area contributed by atoms with Crippen LogP contribution in [0.1, 0.15) is 51.9 Å². The van der Waals surface area contributed by atoms with Gasteiger partial charge in [0.05, 0.1) is 0 Å². The van der Waals surface area contributed by atoms with Crippen LogP contribution in [-0.4, -0.2) is 54.6 Å². The third-order valence-electron chi connectivity index (χ3n) is 4.99. The molecule has 2 N–H and O–H groups in total. The fourth-order valence-corrected chi connectivity index (χ4v) is 3.70. The molecule has 0 amide bonds. The molecule has 1 saturated heterocycles. The van der Waals surface area contributed by atoms with Crippen molar-refractivity contribution in [1.29, 1.82) is 0 Å². The van der Waals surface area contributed by atoms with E-state index in [4.69, 9.17) is 5.73 Å². The van der Waals surface area contributed by atoms with Gasteiger partial charge in [0.2, 0.25) is 0 Å². The van der Waals surface area contributed by atoms with Crippen LogP contribution < -0.4 is 5.73 Å². The Morgan fingerprint density at radius 1 is 1.06 bits per heavy atom. The van der Waals surface area contributed by atoms with Crippen molar-refractivity contribution < 1.29 is 0 Å². The molecular weight excluding hydrogens is 222 g/mol. The van der Waals surface area contributed by atoms with Gasteiger partial charge in [-0.2, -0.15) is 0 Å². The third kappa shape index (κ3) is 3.46. The summed E-state index contributed by atoms with van der Waals surface area (Å²) < 4.78 is 0. The van der Waals surface area contributed by atoms with Gasteiger partial charge in [0.25, 0.3) is 0 Å². The maximum atomic E-state index is 5.82. The Morgan fingerprint density at radius 2 is 1.72 bits per heavy atom. The average Bonchev–Trinajstić information content (AvgIpc) is 2.62. The second-order valence-electron chi connectivity index (χ2n) is 6.36. The molecule has 1 heterocycles. The average molecular weight is 253 g/mol. The molecule has 2 unspecified atom stereocenters. The molecule has 0 spiro atoms. The van der Waals surface area contributed by atoms with Crippen molar-refractivity contribution in [3.05, 3.63) is 0 Å². The molecule has 1 aliphatic heterocycles. The number of likely N-dealkylation sites (N-methyl/N-ethyl adjacent to an activating group) is 1. The first-order valence-electron chi connectivity index (χ1n) is 7.88. The molecule has 0 aromatic carbocycles. The van der Waals surface area contributed by atoms with Gasteiger partial charge in [0, 0.05) is 31.2 Å². The zero-order valence-electron chi connectivity index (χ0n) is 12.3. The summed E-state index contributed by atoms with van der Waals surface area (Å²) in [6.45, 7) is 5.64. The Morgan fingerprint density at radius 3 is 2.33 bits per heavy atom. The van der Waals surface area contributed by atoms with E-state index in [1.54, 1.807) is 0 Å². The monoisotopic (exact) mass is 253 g/mol. The Hall–Kier alpha value is -0.120. The Kier molecular flexibility index (Phi) is 5.46. The molecule has 0 radical (unpaired) electrons. The van der Waals surface area contributed by atoms with Crippen molar-refractivity contribution in [2.24, 2.45) is 5.73 Å². The first-order chi connectivity index (χ1) is 8.72. The highest BCUT2D eigenvalue weighted by atomic mass is 15.3. The summed E-state index contributed by atoms with van der Waals surface area (Å²) in [6, 6.07) is 2.22. The summed E-state index contributed by atoms with van der Waals surface area (Å²) in [5.41, 5.74) is 5.82. The van der Waals surface area contributed by atoms with E-state index >= 15 is 0 Å². The molecule has 2 aliphatic rings. The highest BCUT2D eigenvalue weighted by Crippen LogP contribution is 2.27. The van der Waals surface area contributed by atoms with E-state index in [0.29, 0.717) is 12.1 Å². The van der Waals surface area contributed by atoms with Gasteiger partial charge in [0.1, 0.15) is 0 Å². The maximum absolute atomic E-state index is 5.82. The number of rotatable bonds is 3. The van der Waals surface area contributed by atoms with Crippen LogP contribution in [-0.2, 0) is 0 Å². The predicted molar refractivity (Wildman–Crippen MR) is 77.7 cm³/mol. The minimum Gasteiger partial charge on any atom is -0.330 e. The SMILES string of the molecule is CC1CN(C2CCCCCC2)C(CCN)CN1C. The van der Waals surface area contributed by atoms with Crippen LogP contribution in [0.3, 0.4) is 0 Å². The molecule has 3 heteroatoms.